The third kappa shape index (κ3) is 4.62. The molecule has 0 saturated heterocycles. The zero-order valence-electron chi connectivity index (χ0n) is 15.5. The van der Waals surface area contributed by atoms with Crippen molar-refractivity contribution in [3.63, 3.8) is 0 Å². The molecule has 2 atom stereocenters. The van der Waals surface area contributed by atoms with Crippen LogP contribution in [-0.2, 0) is 11.2 Å². The van der Waals surface area contributed by atoms with E-state index in [1.807, 2.05) is 37.3 Å². The smallest absolute Gasteiger partial charge is 0.475 e. The van der Waals surface area contributed by atoms with Crippen molar-refractivity contribution in [3.05, 3.63) is 59.2 Å². The van der Waals surface area contributed by atoms with Gasteiger partial charge in [0.05, 0.1) is 26.1 Å². The van der Waals surface area contributed by atoms with Crippen LogP contribution in [-0.4, -0.2) is 42.7 Å². The summed E-state index contributed by atoms with van der Waals surface area (Å²) in [7, 11) is -0.0555. The highest BCUT2D eigenvalue weighted by molar-refractivity contribution is 6.43. The summed E-state index contributed by atoms with van der Waals surface area (Å²) in [5.74, 6) is 0.557. The van der Waals surface area contributed by atoms with E-state index in [4.69, 9.17) is 9.47 Å². The van der Waals surface area contributed by atoms with E-state index in [1.54, 1.807) is 19.2 Å². The minimum atomic E-state index is -1.64. The van der Waals surface area contributed by atoms with Gasteiger partial charge >= 0.3 is 7.12 Å². The molecule has 1 amide bonds. The highest BCUT2D eigenvalue weighted by Gasteiger charge is 2.33. The number of ether oxygens (including phenoxy) is 2. The van der Waals surface area contributed by atoms with Crippen LogP contribution in [0.5, 0.6) is 11.5 Å². The Morgan fingerprint density at radius 3 is 2.70 bits per heavy atom. The first kappa shape index (κ1) is 19.3. The largest absolute Gasteiger partial charge is 0.497 e. The number of benzene rings is 2. The maximum Gasteiger partial charge on any atom is 0.475 e. The second-order valence-corrected chi connectivity index (χ2v) is 6.85. The number of carbonyl (C=O) groups excluding carboxylic acids is 1. The standard InChI is InChI=1S/C20H24BNO5/c1-13-4-3-5-17-15(12-27-20(13)17)11-18(21(24)25)22-19(23)10-14-6-8-16(26-2)9-7-14/h3-9,15,18,24-25H,10-12H2,1-2H3,(H,22,23)/t15-,18?/m0/s1. The molecule has 7 heteroatoms. The van der Waals surface area contributed by atoms with Gasteiger partial charge in [0, 0.05) is 11.5 Å². The summed E-state index contributed by atoms with van der Waals surface area (Å²) in [4.78, 5) is 12.4. The second kappa shape index (κ2) is 8.46. The lowest BCUT2D eigenvalue weighted by Crippen LogP contribution is -2.47. The van der Waals surface area contributed by atoms with Crippen molar-refractivity contribution in [3.8, 4) is 11.5 Å². The maximum absolute atomic E-state index is 12.4. The number of carbonyl (C=O) groups is 1. The summed E-state index contributed by atoms with van der Waals surface area (Å²) in [6.45, 7) is 2.45. The fraction of sp³-hybridized carbons (Fsp3) is 0.350. The quantitative estimate of drug-likeness (QED) is 0.646. The molecule has 0 aromatic heterocycles. The van der Waals surface area contributed by atoms with Gasteiger partial charge in [0.2, 0.25) is 5.91 Å². The summed E-state index contributed by atoms with van der Waals surface area (Å²) < 4.78 is 10.9. The summed E-state index contributed by atoms with van der Waals surface area (Å²) >= 11 is 0. The van der Waals surface area contributed by atoms with Crippen LogP contribution < -0.4 is 14.8 Å². The Labute approximate surface area is 159 Å². The lowest BCUT2D eigenvalue weighted by atomic mass is 9.73. The van der Waals surface area contributed by atoms with Crippen molar-refractivity contribution in [2.75, 3.05) is 13.7 Å². The SMILES string of the molecule is COc1ccc(CC(=O)NC(C[C@H]2COc3c(C)cccc32)B(O)O)cc1. The number of hydrogen-bond acceptors (Lipinski definition) is 5. The van der Waals surface area contributed by atoms with Gasteiger partial charge in [-0.25, -0.2) is 0 Å². The molecule has 3 rings (SSSR count). The van der Waals surface area contributed by atoms with Gasteiger partial charge in [0.15, 0.2) is 0 Å². The number of para-hydroxylation sites is 1. The topological polar surface area (TPSA) is 88.0 Å². The first-order chi connectivity index (χ1) is 13.0. The molecule has 6 nitrogen and oxygen atoms in total. The molecule has 1 unspecified atom stereocenters. The maximum atomic E-state index is 12.4. The molecule has 0 bridgehead atoms. The third-order valence-electron chi connectivity index (χ3n) is 4.88. The van der Waals surface area contributed by atoms with Gasteiger partial charge in [-0.3, -0.25) is 4.79 Å². The molecular formula is C20H24BNO5. The Kier molecular flexibility index (Phi) is 6.03. The van der Waals surface area contributed by atoms with E-state index < -0.39 is 13.1 Å². The Morgan fingerprint density at radius 2 is 2.04 bits per heavy atom. The number of hydrogen-bond donors (Lipinski definition) is 3. The van der Waals surface area contributed by atoms with E-state index in [0.29, 0.717) is 13.0 Å². The molecule has 2 aromatic rings. The summed E-state index contributed by atoms with van der Waals surface area (Å²) in [6.07, 6.45) is 0.548. The third-order valence-corrected chi connectivity index (χ3v) is 4.88. The minimum Gasteiger partial charge on any atom is -0.497 e. The monoisotopic (exact) mass is 369 g/mol. The van der Waals surface area contributed by atoms with E-state index in [2.05, 4.69) is 5.32 Å². The van der Waals surface area contributed by atoms with E-state index in [0.717, 1.165) is 28.2 Å². The van der Waals surface area contributed by atoms with Gasteiger partial charge in [-0.05, 0) is 36.6 Å². The van der Waals surface area contributed by atoms with Gasteiger partial charge in [-0.2, -0.15) is 0 Å². The van der Waals surface area contributed by atoms with Crippen LogP contribution in [0.3, 0.4) is 0 Å². The summed E-state index contributed by atoms with van der Waals surface area (Å²) in [6, 6.07) is 13.1. The predicted octanol–water partition coefficient (Wildman–Crippen LogP) is 1.61. The number of fused-ring (bicyclic) bond motifs is 1. The molecule has 0 aliphatic carbocycles. The zero-order chi connectivity index (χ0) is 19.4. The lowest BCUT2D eigenvalue weighted by Gasteiger charge is -2.21. The van der Waals surface area contributed by atoms with Crippen LogP contribution in [0, 0.1) is 6.92 Å². The van der Waals surface area contributed by atoms with Crippen molar-refractivity contribution < 1.29 is 24.3 Å². The Hall–Kier alpha value is -2.51. The van der Waals surface area contributed by atoms with Gasteiger partial charge in [-0.1, -0.05) is 30.3 Å². The molecule has 0 spiro atoms. The molecule has 0 radical (unpaired) electrons. The fourth-order valence-electron chi connectivity index (χ4n) is 3.41. The van der Waals surface area contributed by atoms with E-state index in [1.165, 1.54) is 0 Å². The highest BCUT2D eigenvalue weighted by atomic mass is 16.5. The minimum absolute atomic E-state index is 0.00739. The summed E-state index contributed by atoms with van der Waals surface area (Å²) in [5.41, 5.74) is 2.93. The van der Waals surface area contributed by atoms with Crippen molar-refractivity contribution in [1.82, 2.24) is 5.32 Å². The fourth-order valence-corrected chi connectivity index (χ4v) is 3.41. The second-order valence-electron chi connectivity index (χ2n) is 6.85. The molecule has 2 aromatic carbocycles. The summed E-state index contributed by atoms with van der Waals surface area (Å²) in [5, 5.41) is 22.2. The lowest BCUT2D eigenvalue weighted by molar-refractivity contribution is -0.120. The Bertz CT molecular complexity index is 793. The van der Waals surface area contributed by atoms with Crippen molar-refractivity contribution in [1.29, 1.82) is 0 Å². The van der Waals surface area contributed by atoms with Gasteiger partial charge < -0.3 is 24.8 Å². The number of rotatable bonds is 7. The molecule has 1 heterocycles. The molecule has 3 N–H and O–H groups in total. The van der Waals surface area contributed by atoms with E-state index in [9.17, 15) is 14.8 Å². The number of nitrogens with one attached hydrogen (secondary N) is 1. The van der Waals surface area contributed by atoms with Crippen molar-refractivity contribution >= 4 is 13.0 Å². The average molecular weight is 369 g/mol. The molecule has 0 saturated carbocycles. The van der Waals surface area contributed by atoms with Gasteiger partial charge in [0.1, 0.15) is 11.5 Å². The van der Waals surface area contributed by atoms with Crippen LogP contribution in [0.4, 0.5) is 0 Å². The van der Waals surface area contributed by atoms with Crippen molar-refractivity contribution in [2.45, 2.75) is 31.6 Å². The Morgan fingerprint density at radius 1 is 1.30 bits per heavy atom. The van der Waals surface area contributed by atoms with Crippen molar-refractivity contribution in [2.24, 2.45) is 0 Å². The first-order valence-corrected chi connectivity index (χ1v) is 8.98. The predicted molar refractivity (Wildman–Crippen MR) is 103 cm³/mol. The van der Waals surface area contributed by atoms with Crippen LogP contribution in [0.1, 0.15) is 29.0 Å². The molecular weight excluding hydrogens is 345 g/mol. The van der Waals surface area contributed by atoms with Gasteiger partial charge in [0.25, 0.3) is 0 Å². The molecule has 142 valence electrons. The van der Waals surface area contributed by atoms with Gasteiger partial charge in [-0.15, -0.1) is 0 Å². The van der Waals surface area contributed by atoms with Crippen LogP contribution in [0.2, 0.25) is 0 Å². The average Bonchev–Trinajstić information content (AvgIpc) is 3.06. The normalized spacial score (nSPS) is 16.2. The molecule has 1 aliphatic heterocycles. The van der Waals surface area contributed by atoms with Crippen LogP contribution in [0.25, 0.3) is 0 Å². The van der Waals surface area contributed by atoms with E-state index in [-0.39, 0.29) is 18.2 Å². The number of methoxy groups -OCH3 is 1. The number of aryl methyl sites for hydroxylation is 1. The molecule has 1 aliphatic rings. The zero-order valence-corrected chi connectivity index (χ0v) is 15.5. The first-order valence-electron chi connectivity index (χ1n) is 8.98. The highest BCUT2D eigenvalue weighted by Crippen LogP contribution is 2.38. The van der Waals surface area contributed by atoms with Crippen LogP contribution in [0.15, 0.2) is 42.5 Å². The van der Waals surface area contributed by atoms with E-state index >= 15 is 0 Å². The molecule has 0 fully saturated rings. The number of amides is 1. The molecule has 27 heavy (non-hydrogen) atoms. The van der Waals surface area contributed by atoms with Crippen LogP contribution >= 0.6 is 0 Å². The Balaban J connectivity index is 1.63.